The highest BCUT2D eigenvalue weighted by atomic mass is 16.9. The van der Waals surface area contributed by atoms with Crippen LogP contribution in [0.25, 0.3) is 0 Å². The Labute approximate surface area is 263 Å². The number of hydrogen-bond acceptors (Lipinski definition) is 8. The molecule has 0 aromatic rings. The first-order chi connectivity index (χ1) is 21.0. The fraction of sp³-hybridized carbons (Fsp3) is 0.861. The van der Waals surface area contributed by atoms with Gasteiger partial charge in [0.15, 0.2) is 11.4 Å². The molecular weight excluding hydrogens is 560 g/mol. The van der Waals surface area contributed by atoms with Crippen molar-refractivity contribution in [1.29, 1.82) is 0 Å². The molecule has 3 N–H and O–H groups in total. The highest BCUT2D eigenvalue weighted by Gasteiger charge is 2.88. The molecule has 0 unspecified atom stereocenters. The van der Waals surface area contributed by atoms with Gasteiger partial charge in [0.05, 0.1) is 12.2 Å². The van der Waals surface area contributed by atoms with Gasteiger partial charge in [-0.1, -0.05) is 104 Å². The molecule has 0 aromatic heterocycles. The van der Waals surface area contributed by atoms with Crippen LogP contribution in [0.1, 0.15) is 124 Å². The predicted octanol–water partition coefficient (Wildman–Crippen LogP) is 5.66. The van der Waals surface area contributed by atoms with Crippen molar-refractivity contribution in [3.05, 3.63) is 23.8 Å². The molecule has 3 aliphatic heterocycles. The van der Waals surface area contributed by atoms with Crippen LogP contribution in [0.2, 0.25) is 0 Å². The number of carbonyl (C=O) groups excluding carboxylic acids is 1. The monoisotopic (exact) mass is 616 g/mol. The van der Waals surface area contributed by atoms with Crippen molar-refractivity contribution in [2.75, 3.05) is 6.61 Å². The van der Waals surface area contributed by atoms with Crippen LogP contribution in [0, 0.1) is 17.8 Å². The fourth-order valence-corrected chi connectivity index (χ4v) is 9.89. The molecule has 6 rings (SSSR count). The zero-order valence-electron chi connectivity index (χ0n) is 27.4. The normalized spacial score (nSPS) is 46.3. The summed E-state index contributed by atoms with van der Waals surface area (Å²) in [5.74, 6) is -3.39. The maximum atomic E-state index is 13.6. The van der Waals surface area contributed by atoms with Gasteiger partial charge in [0.1, 0.15) is 29.5 Å². The van der Waals surface area contributed by atoms with Crippen molar-refractivity contribution in [2.45, 2.75) is 171 Å². The van der Waals surface area contributed by atoms with Gasteiger partial charge in [-0.3, -0.25) is 4.79 Å². The number of ether oxygens (including phenoxy) is 4. The number of hydrogen-bond donors (Lipinski definition) is 3. The summed E-state index contributed by atoms with van der Waals surface area (Å²) in [4.78, 5) is 13.6. The first-order valence-corrected chi connectivity index (χ1v) is 17.7. The van der Waals surface area contributed by atoms with Gasteiger partial charge in [-0.25, -0.2) is 0 Å². The summed E-state index contributed by atoms with van der Waals surface area (Å²) < 4.78 is 26.9. The van der Waals surface area contributed by atoms with Crippen LogP contribution in [0.5, 0.6) is 0 Å². The number of unbranched alkanes of at least 4 members (excludes halogenated alkanes) is 12. The van der Waals surface area contributed by atoms with Crippen LogP contribution in [0.3, 0.4) is 0 Å². The van der Waals surface area contributed by atoms with Crippen LogP contribution in [0.4, 0.5) is 0 Å². The molecule has 248 valence electrons. The van der Waals surface area contributed by atoms with Crippen LogP contribution < -0.4 is 0 Å². The van der Waals surface area contributed by atoms with Crippen LogP contribution in [0.15, 0.2) is 23.8 Å². The molecule has 3 heterocycles. The summed E-state index contributed by atoms with van der Waals surface area (Å²) in [6, 6.07) is 0. The SMILES string of the molecule is C=C(C)[C@]12C[C@@H](C)[C@@]34O[C@](CCCCCCCCCCCCCCC)(O[C@@H]1[C@@H]3[C@@H]1O[C@]1(CO)[C@@H](O)[C@]1(O)C(=O)C(C)=C[C@H]14)O2. The number of Topliss-reactive ketones (excluding diaryl/α,β-unsaturated/α-hetero) is 1. The summed E-state index contributed by atoms with van der Waals surface area (Å²) >= 11 is 0. The van der Waals surface area contributed by atoms with E-state index in [1.807, 2.05) is 6.92 Å². The average molecular weight is 617 g/mol. The van der Waals surface area contributed by atoms with Crippen molar-refractivity contribution in [1.82, 2.24) is 0 Å². The number of fused-ring (bicyclic) bond motifs is 3. The predicted molar refractivity (Wildman–Crippen MR) is 166 cm³/mol. The highest BCUT2D eigenvalue weighted by Crippen LogP contribution is 2.73. The van der Waals surface area contributed by atoms with E-state index in [1.54, 1.807) is 13.0 Å². The van der Waals surface area contributed by atoms with E-state index in [2.05, 4.69) is 20.4 Å². The molecule has 6 aliphatic rings. The highest BCUT2D eigenvalue weighted by molar-refractivity contribution is 6.05. The molecule has 3 saturated heterocycles. The number of ketones is 1. The third-order valence-electron chi connectivity index (χ3n) is 12.3. The second-order valence-corrected chi connectivity index (χ2v) is 15.1. The first-order valence-electron chi connectivity index (χ1n) is 17.7. The Kier molecular flexibility index (Phi) is 8.82. The van der Waals surface area contributed by atoms with Gasteiger partial charge in [0.25, 0.3) is 5.97 Å². The van der Waals surface area contributed by atoms with E-state index in [4.69, 9.17) is 18.9 Å². The Hall–Kier alpha value is -1.13. The quantitative estimate of drug-likeness (QED) is 0.116. The molecule has 11 atom stereocenters. The third-order valence-corrected chi connectivity index (χ3v) is 12.3. The Morgan fingerprint density at radius 3 is 2.11 bits per heavy atom. The van der Waals surface area contributed by atoms with Crippen LogP contribution in [-0.4, -0.2) is 74.4 Å². The minimum absolute atomic E-state index is 0.185. The smallest absolute Gasteiger partial charge is 0.284 e. The molecule has 0 radical (unpaired) electrons. The van der Waals surface area contributed by atoms with Gasteiger partial charge in [0, 0.05) is 18.3 Å². The number of carbonyl (C=O) groups is 1. The lowest BCUT2D eigenvalue weighted by Gasteiger charge is -2.59. The van der Waals surface area contributed by atoms with Crippen LogP contribution >= 0.6 is 0 Å². The van der Waals surface area contributed by atoms with Crippen LogP contribution in [-0.2, 0) is 23.7 Å². The molecule has 5 fully saturated rings. The van der Waals surface area contributed by atoms with Gasteiger partial charge in [0.2, 0.25) is 0 Å². The molecule has 0 spiro atoms. The molecule has 2 saturated carbocycles. The lowest BCUT2D eigenvalue weighted by Crippen LogP contribution is -2.72. The molecular formula is C36H56O8. The maximum Gasteiger partial charge on any atom is 0.284 e. The summed E-state index contributed by atoms with van der Waals surface area (Å²) in [5, 5.41) is 34.3. The van der Waals surface area contributed by atoms with E-state index < -0.39 is 70.9 Å². The lowest BCUT2D eigenvalue weighted by molar-refractivity contribution is -0.430. The molecule has 8 heteroatoms. The van der Waals surface area contributed by atoms with Gasteiger partial charge in [-0.2, -0.15) is 0 Å². The van der Waals surface area contributed by atoms with Gasteiger partial charge in [-0.15, -0.1) is 0 Å². The molecule has 3 bridgehead atoms. The van der Waals surface area contributed by atoms with E-state index in [0.29, 0.717) is 18.4 Å². The molecule has 0 amide bonds. The third kappa shape index (κ3) is 4.60. The number of rotatable bonds is 16. The van der Waals surface area contributed by atoms with Crippen molar-refractivity contribution >= 4 is 5.78 Å². The lowest BCUT2D eigenvalue weighted by atomic mass is 9.54. The first kappa shape index (κ1) is 32.8. The number of aliphatic hydroxyl groups excluding tert-OH is 2. The maximum absolute atomic E-state index is 13.6. The van der Waals surface area contributed by atoms with E-state index >= 15 is 0 Å². The summed E-state index contributed by atoms with van der Waals surface area (Å²) in [6.07, 6.45) is 16.4. The molecule has 0 aromatic carbocycles. The standard InChI is InChI=1S/C36H56O8/c1-6-7-8-9-10-11-12-13-14-15-16-17-18-19-34-42-29-27-30-33(22-37,41-30)31(39)35(40)26(20-24(4)28(35)38)36(27,44-34)25(5)21-32(29,43-34)23(2)3/h20,25-27,29-31,37,39-40H,2,6-19,21-22H2,1,3-5H3/t25-,26-,27-,29-,30+,31-,32-,33+,34-,35-,36+/m1/s1. The summed E-state index contributed by atoms with van der Waals surface area (Å²) in [7, 11) is 0. The van der Waals surface area contributed by atoms with Gasteiger partial charge in [-0.05, 0) is 43.8 Å². The summed E-state index contributed by atoms with van der Waals surface area (Å²) in [5.41, 5.74) is -4.37. The minimum Gasteiger partial charge on any atom is -0.393 e. The largest absolute Gasteiger partial charge is 0.393 e. The zero-order valence-corrected chi connectivity index (χ0v) is 27.4. The second kappa shape index (κ2) is 11.8. The molecule has 44 heavy (non-hydrogen) atoms. The topological polar surface area (TPSA) is 118 Å². The Bertz CT molecular complexity index is 1150. The van der Waals surface area contributed by atoms with Crippen molar-refractivity contribution < 1.29 is 39.1 Å². The second-order valence-electron chi connectivity index (χ2n) is 15.1. The summed E-state index contributed by atoms with van der Waals surface area (Å²) in [6.45, 7) is 11.8. The Morgan fingerprint density at radius 1 is 0.955 bits per heavy atom. The average Bonchev–Trinajstić information content (AvgIpc) is 3.63. The molecule has 3 aliphatic carbocycles. The zero-order chi connectivity index (χ0) is 31.5. The van der Waals surface area contributed by atoms with E-state index in [9.17, 15) is 20.1 Å². The Balaban J connectivity index is 1.17. The van der Waals surface area contributed by atoms with Gasteiger partial charge >= 0.3 is 0 Å². The van der Waals surface area contributed by atoms with Gasteiger partial charge < -0.3 is 34.3 Å². The fourth-order valence-electron chi connectivity index (χ4n) is 9.89. The van der Waals surface area contributed by atoms with E-state index in [-0.39, 0.29) is 5.92 Å². The van der Waals surface area contributed by atoms with Crippen molar-refractivity contribution in [3.8, 4) is 0 Å². The van der Waals surface area contributed by atoms with E-state index in [1.165, 1.54) is 64.2 Å². The van der Waals surface area contributed by atoms with Crippen molar-refractivity contribution in [2.24, 2.45) is 17.8 Å². The molecule has 8 nitrogen and oxygen atoms in total. The minimum atomic E-state index is -2.18. The number of epoxide rings is 1. The van der Waals surface area contributed by atoms with E-state index in [0.717, 1.165) is 24.8 Å². The number of aliphatic hydroxyl groups is 3. The van der Waals surface area contributed by atoms with Crippen molar-refractivity contribution in [3.63, 3.8) is 0 Å². The Morgan fingerprint density at radius 2 is 1.55 bits per heavy atom.